The molecular weight excluding hydrogens is 522 g/mol. The first-order chi connectivity index (χ1) is 19.1. The van der Waals surface area contributed by atoms with Crippen LogP contribution >= 0.6 is 0 Å². The Labute approximate surface area is 230 Å². The second-order valence-corrected chi connectivity index (χ2v) is 10.1. The van der Waals surface area contributed by atoms with E-state index >= 15 is 0 Å². The van der Waals surface area contributed by atoms with Gasteiger partial charge in [0.2, 0.25) is 0 Å². The van der Waals surface area contributed by atoms with Gasteiger partial charge in [0.25, 0.3) is 5.89 Å². The van der Waals surface area contributed by atoms with E-state index in [1.54, 1.807) is 0 Å². The molecule has 5 N–H and O–H groups in total. The number of carboxylic acid groups (broad SMARTS) is 2. The monoisotopic (exact) mass is 557 g/mol. The molecule has 13 heteroatoms. The van der Waals surface area contributed by atoms with Crippen LogP contribution < -0.4 is 10.2 Å². The first-order valence-corrected chi connectivity index (χ1v) is 13.2. The molecule has 2 fully saturated rings. The number of aryl methyl sites for hydroxylation is 2. The summed E-state index contributed by atoms with van der Waals surface area (Å²) in [4.78, 5) is 31.4. The number of benzene rings is 1. The van der Waals surface area contributed by atoms with Crippen LogP contribution in [-0.2, 0) is 14.3 Å². The number of nitrogens with one attached hydrogen (secondary N) is 1. The molecule has 216 valence electrons. The van der Waals surface area contributed by atoms with E-state index in [-0.39, 0.29) is 0 Å². The fraction of sp³-hybridized carbons (Fsp3) is 0.519. The van der Waals surface area contributed by atoms with Gasteiger partial charge in [-0.3, -0.25) is 0 Å². The van der Waals surface area contributed by atoms with Crippen molar-refractivity contribution in [1.29, 1.82) is 0 Å². The number of aliphatic hydroxyl groups excluding tert-OH is 2. The number of ether oxygens (including phenoxy) is 1. The summed E-state index contributed by atoms with van der Waals surface area (Å²) in [5, 5.41) is 41.5. The number of carboxylic acids is 2. The molecule has 0 spiro atoms. The predicted molar refractivity (Wildman–Crippen MR) is 144 cm³/mol. The summed E-state index contributed by atoms with van der Waals surface area (Å²) in [5.41, 5.74) is 3.13. The Bertz CT molecular complexity index is 1300. The summed E-state index contributed by atoms with van der Waals surface area (Å²) in [6.07, 6.45) is -0.0884. The van der Waals surface area contributed by atoms with Crippen LogP contribution in [0.4, 0.5) is 5.82 Å². The van der Waals surface area contributed by atoms with Gasteiger partial charge in [-0.25, -0.2) is 14.6 Å². The quantitative estimate of drug-likeness (QED) is 0.281. The van der Waals surface area contributed by atoms with E-state index in [0.29, 0.717) is 23.8 Å². The summed E-state index contributed by atoms with van der Waals surface area (Å²) in [6.45, 7) is 7.63. The second kappa shape index (κ2) is 13.1. The normalized spacial score (nSPS) is 18.1. The lowest BCUT2D eigenvalue weighted by atomic mass is 10.0. The number of aliphatic hydroxyl groups is 2. The molecule has 0 radical (unpaired) electrons. The molecule has 0 amide bonds. The average molecular weight is 558 g/mol. The van der Waals surface area contributed by atoms with Crippen molar-refractivity contribution >= 4 is 28.7 Å². The molecular formula is C27H35N5O8. The molecule has 4 heterocycles. The fourth-order valence-corrected chi connectivity index (χ4v) is 4.82. The molecule has 5 rings (SSSR count). The third kappa shape index (κ3) is 7.30. The SMILES string of the molecule is Cc1ccc2nc(N3CCC(NC4CCOCC4)CC3)c(-c3nc(C)no3)cc2c1.O=C(O)[C@H](O)[C@@H](O)C(=O)O. The first-order valence-electron chi connectivity index (χ1n) is 13.2. The number of hydrogen-bond acceptors (Lipinski definition) is 11. The Morgan fingerprint density at radius 1 is 0.950 bits per heavy atom. The smallest absolute Gasteiger partial charge is 0.335 e. The number of fused-ring (bicyclic) bond motifs is 1. The van der Waals surface area contributed by atoms with E-state index in [2.05, 4.69) is 51.5 Å². The zero-order valence-electron chi connectivity index (χ0n) is 22.5. The van der Waals surface area contributed by atoms with Gasteiger partial charge in [0.05, 0.1) is 11.1 Å². The van der Waals surface area contributed by atoms with Crippen molar-refractivity contribution in [3.63, 3.8) is 0 Å². The van der Waals surface area contributed by atoms with Crippen molar-refractivity contribution in [2.75, 3.05) is 31.2 Å². The molecule has 0 bridgehead atoms. The third-order valence-corrected chi connectivity index (χ3v) is 7.00. The van der Waals surface area contributed by atoms with Crippen LogP contribution in [-0.4, -0.2) is 98.1 Å². The lowest BCUT2D eigenvalue weighted by molar-refractivity contribution is -0.165. The van der Waals surface area contributed by atoms with Gasteiger partial charge in [-0.05, 0) is 57.7 Å². The fourth-order valence-electron chi connectivity index (χ4n) is 4.82. The van der Waals surface area contributed by atoms with Crippen LogP contribution in [0, 0.1) is 13.8 Å². The summed E-state index contributed by atoms with van der Waals surface area (Å²) in [6, 6.07) is 9.65. The Kier molecular flexibility index (Phi) is 9.63. The Morgan fingerprint density at radius 2 is 1.57 bits per heavy atom. The van der Waals surface area contributed by atoms with Crippen molar-refractivity contribution in [2.24, 2.45) is 0 Å². The molecule has 0 aliphatic carbocycles. The third-order valence-electron chi connectivity index (χ3n) is 7.00. The number of anilines is 1. The Morgan fingerprint density at radius 3 is 2.15 bits per heavy atom. The van der Waals surface area contributed by atoms with E-state index in [1.165, 1.54) is 5.56 Å². The highest BCUT2D eigenvalue weighted by Gasteiger charge is 2.29. The number of nitrogens with zero attached hydrogens (tertiary/aromatic N) is 4. The van der Waals surface area contributed by atoms with Crippen LogP contribution in [0.5, 0.6) is 0 Å². The summed E-state index contributed by atoms with van der Waals surface area (Å²) < 4.78 is 11.0. The van der Waals surface area contributed by atoms with Gasteiger partial charge in [0, 0.05) is 43.8 Å². The maximum atomic E-state index is 9.77. The van der Waals surface area contributed by atoms with Crippen molar-refractivity contribution in [3.05, 3.63) is 35.7 Å². The van der Waals surface area contributed by atoms with E-state index in [0.717, 1.165) is 74.3 Å². The van der Waals surface area contributed by atoms with Crippen molar-refractivity contribution in [3.8, 4) is 11.5 Å². The minimum Gasteiger partial charge on any atom is -0.479 e. The highest BCUT2D eigenvalue weighted by molar-refractivity contribution is 5.88. The highest BCUT2D eigenvalue weighted by atomic mass is 16.5. The number of pyridine rings is 1. The Hall–Kier alpha value is -3.65. The van der Waals surface area contributed by atoms with Gasteiger partial charge in [-0.2, -0.15) is 4.98 Å². The van der Waals surface area contributed by atoms with E-state index < -0.39 is 24.1 Å². The van der Waals surface area contributed by atoms with Gasteiger partial charge in [-0.1, -0.05) is 16.8 Å². The van der Waals surface area contributed by atoms with Gasteiger partial charge < -0.3 is 39.9 Å². The van der Waals surface area contributed by atoms with Crippen molar-refractivity contribution < 1.29 is 39.3 Å². The first kappa shape index (κ1) is 29.3. The maximum Gasteiger partial charge on any atom is 0.335 e. The maximum absolute atomic E-state index is 9.77. The lowest BCUT2D eigenvalue weighted by Crippen LogP contribution is -2.48. The highest BCUT2D eigenvalue weighted by Crippen LogP contribution is 2.33. The molecule has 2 aliphatic rings. The molecule has 0 saturated carbocycles. The molecule has 0 unspecified atom stereocenters. The van der Waals surface area contributed by atoms with E-state index in [9.17, 15) is 9.59 Å². The average Bonchev–Trinajstić information content (AvgIpc) is 3.38. The summed E-state index contributed by atoms with van der Waals surface area (Å²) in [5.74, 6) is -1.41. The second-order valence-electron chi connectivity index (χ2n) is 10.1. The minimum atomic E-state index is -2.27. The molecule has 3 aromatic rings. The number of aliphatic carboxylic acids is 2. The molecule has 2 aliphatic heterocycles. The van der Waals surface area contributed by atoms with Gasteiger partial charge >= 0.3 is 11.9 Å². The van der Waals surface area contributed by atoms with E-state index in [4.69, 9.17) is 34.7 Å². The van der Waals surface area contributed by atoms with Crippen molar-refractivity contribution in [2.45, 2.75) is 63.8 Å². The topological polar surface area (TPSA) is 191 Å². The number of rotatable bonds is 7. The molecule has 40 heavy (non-hydrogen) atoms. The number of hydrogen-bond donors (Lipinski definition) is 5. The van der Waals surface area contributed by atoms with Crippen LogP contribution in [0.15, 0.2) is 28.8 Å². The van der Waals surface area contributed by atoms with Crippen LogP contribution in [0.25, 0.3) is 22.4 Å². The molecule has 1 aromatic carbocycles. The number of carbonyl (C=O) groups is 2. The number of piperidine rings is 1. The summed E-state index contributed by atoms with van der Waals surface area (Å²) in [7, 11) is 0. The Balaban J connectivity index is 0.000000318. The zero-order valence-corrected chi connectivity index (χ0v) is 22.5. The van der Waals surface area contributed by atoms with E-state index in [1.807, 2.05) is 6.92 Å². The summed E-state index contributed by atoms with van der Waals surface area (Å²) >= 11 is 0. The predicted octanol–water partition coefficient (Wildman–Crippen LogP) is 1.52. The van der Waals surface area contributed by atoms with Crippen LogP contribution in [0.1, 0.15) is 37.1 Å². The van der Waals surface area contributed by atoms with Gasteiger partial charge in [0.15, 0.2) is 18.0 Å². The van der Waals surface area contributed by atoms with Gasteiger partial charge in [0.1, 0.15) is 5.82 Å². The zero-order chi connectivity index (χ0) is 28.8. The number of aromatic nitrogens is 3. The minimum absolute atomic E-state index is 0.542. The largest absolute Gasteiger partial charge is 0.479 e. The van der Waals surface area contributed by atoms with Gasteiger partial charge in [-0.15, -0.1) is 0 Å². The molecule has 13 nitrogen and oxygen atoms in total. The molecule has 2 atom stereocenters. The molecule has 2 aromatic heterocycles. The van der Waals surface area contributed by atoms with Crippen LogP contribution in [0.2, 0.25) is 0 Å². The van der Waals surface area contributed by atoms with Crippen molar-refractivity contribution in [1.82, 2.24) is 20.4 Å². The lowest BCUT2D eigenvalue weighted by Gasteiger charge is -2.36. The molecule has 2 saturated heterocycles. The van der Waals surface area contributed by atoms with Crippen LogP contribution in [0.3, 0.4) is 0 Å². The standard InChI is InChI=1S/C23H29N5O2.C4H6O6/c1-15-3-4-21-17(13-15)14-20(23-24-16(2)27-30-23)22(26-21)28-9-5-18(6-10-28)25-19-7-11-29-12-8-19;5-1(3(7)8)2(6)4(9)10/h3-4,13-14,18-19,25H,5-12H2,1-2H3;1-2,5-6H,(H,7,8)(H,9,10)/t;1-,2-/m.1/s1.